The van der Waals surface area contributed by atoms with E-state index in [1.54, 1.807) is 6.07 Å². The summed E-state index contributed by atoms with van der Waals surface area (Å²) in [6.07, 6.45) is 1.81. The third-order valence-electron chi connectivity index (χ3n) is 3.62. The van der Waals surface area contributed by atoms with Crippen molar-refractivity contribution < 1.29 is 8.42 Å². The van der Waals surface area contributed by atoms with Gasteiger partial charge in [-0.25, -0.2) is 0 Å². The molecular formula is C13H21N3O2S. The van der Waals surface area contributed by atoms with Crippen molar-refractivity contribution >= 4 is 21.6 Å². The van der Waals surface area contributed by atoms with Gasteiger partial charge in [-0.15, -0.1) is 0 Å². The molecule has 1 aromatic carbocycles. The van der Waals surface area contributed by atoms with Crippen LogP contribution in [0.15, 0.2) is 18.2 Å². The number of hydrogen-bond acceptors (Lipinski definition) is 3. The van der Waals surface area contributed by atoms with Crippen molar-refractivity contribution in [1.29, 1.82) is 0 Å². The number of hydrogen-bond donors (Lipinski definition) is 2. The number of para-hydroxylation sites is 1. The van der Waals surface area contributed by atoms with Crippen LogP contribution in [0.3, 0.4) is 0 Å². The van der Waals surface area contributed by atoms with Crippen LogP contribution in [0.25, 0.3) is 0 Å². The summed E-state index contributed by atoms with van der Waals surface area (Å²) < 4.78 is 28.8. The molecule has 0 spiro atoms. The van der Waals surface area contributed by atoms with E-state index < -0.39 is 10.2 Å². The van der Waals surface area contributed by atoms with Gasteiger partial charge in [0.2, 0.25) is 0 Å². The highest BCUT2D eigenvalue weighted by Crippen LogP contribution is 2.26. The van der Waals surface area contributed by atoms with Crippen molar-refractivity contribution in [3.8, 4) is 0 Å². The van der Waals surface area contributed by atoms with Crippen molar-refractivity contribution in [3.05, 3.63) is 23.8 Å². The monoisotopic (exact) mass is 283 g/mol. The van der Waals surface area contributed by atoms with Crippen molar-refractivity contribution in [1.82, 2.24) is 4.31 Å². The molecule has 106 valence electrons. The molecule has 5 nitrogen and oxygen atoms in total. The van der Waals surface area contributed by atoms with Gasteiger partial charge in [0.25, 0.3) is 0 Å². The summed E-state index contributed by atoms with van der Waals surface area (Å²) in [6.45, 7) is 5.13. The summed E-state index contributed by atoms with van der Waals surface area (Å²) in [6, 6.07) is 5.35. The molecule has 1 aliphatic rings. The summed E-state index contributed by atoms with van der Waals surface area (Å²) >= 11 is 0. The quantitative estimate of drug-likeness (QED) is 0.833. The number of rotatable bonds is 3. The van der Waals surface area contributed by atoms with Gasteiger partial charge in [-0.05, 0) is 37.3 Å². The van der Waals surface area contributed by atoms with Crippen LogP contribution >= 0.6 is 0 Å². The second kappa shape index (κ2) is 5.38. The lowest BCUT2D eigenvalue weighted by atomic mass is 10.0. The van der Waals surface area contributed by atoms with E-state index in [9.17, 15) is 8.42 Å². The van der Waals surface area contributed by atoms with Crippen LogP contribution in [0.1, 0.15) is 25.3 Å². The van der Waals surface area contributed by atoms with Gasteiger partial charge in [-0.1, -0.05) is 19.1 Å². The molecule has 3 N–H and O–H groups in total. The molecule has 0 aromatic heterocycles. The molecule has 0 bridgehead atoms. The fourth-order valence-electron chi connectivity index (χ4n) is 2.25. The topological polar surface area (TPSA) is 75.4 Å². The lowest BCUT2D eigenvalue weighted by Gasteiger charge is -2.30. The Morgan fingerprint density at radius 1 is 1.32 bits per heavy atom. The average molecular weight is 283 g/mol. The SMILES string of the molecule is Cc1cccc(N)c1NS(=O)(=O)N1CCC(C)CC1. The summed E-state index contributed by atoms with van der Waals surface area (Å²) in [4.78, 5) is 0. The molecule has 1 heterocycles. The van der Waals surface area contributed by atoms with Crippen LogP contribution in [0.4, 0.5) is 11.4 Å². The highest BCUT2D eigenvalue weighted by atomic mass is 32.2. The molecule has 1 saturated heterocycles. The summed E-state index contributed by atoms with van der Waals surface area (Å²) in [5.41, 5.74) is 7.60. The molecule has 19 heavy (non-hydrogen) atoms. The molecule has 2 rings (SSSR count). The minimum absolute atomic E-state index is 0.453. The number of anilines is 2. The molecule has 0 unspecified atom stereocenters. The fraction of sp³-hybridized carbons (Fsp3) is 0.538. The zero-order valence-electron chi connectivity index (χ0n) is 11.4. The maximum atomic E-state index is 12.3. The van der Waals surface area contributed by atoms with Gasteiger partial charge in [0.05, 0.1) is 11.4 Å². The summed E-state index contributed by atoms with van der Waals surface area (Å²) in [5, 5.41) is 0. The van der Waals surface area contributed by atoms with Crippen molar-refractivity contribution in [2.45, 2.75) is 26.7 Å². The van der Waals surface area contributed by atoms with Crippen LogP contribution in [0.5, 0.6) is 0 Å². The van der Waals surface area contributed by atoms with E-state index in [2.05, 4.69) is 11.6 Å². The third kappa shape index (κ3) is 3.19. The number of nitrogen functional groups attached to an aromatic ring is 1. The zero-order chi connectivity index (χ0) is 14.0. The van der Waals surface area contributed by atoms with Crippen molar-refractivity contribution in [3.63, 3.8) is 0 Å². The van der Waals surface area contributed by atoms with Crippen LogP contribution < -0.4 is 10.5 Å². The van der Waals surface area contributed by atoms with E-state index in [0.717, 1.165) is 18.4 Å². The normalized spacial score (nSPS) is 18.4. The Morgan fingerprint density at radius 2 is 1.95 bits per heavy atom. The Hall–Kier alpha value is -1.27. The van der Waals surface area contributed by atoms with Crippen molar-refractivity contribution in [2.24, 2.45) is 5.92 Å². The first-order valence-corrected chi connectivity index (χ1v) is 7.97. The number of benzene rings is 1. The molecule has 0 aliphatic carbocycles. The van der Waals surface area contributed by atoms with Crippen LogP contribution in [-0.2, 0) is 10.2 Å². The molecule has 0 radical (unpaired) electrons. The van der Waals surface area contributed by atoms with E-state index in [4.69, 9.17) is 5.73 Å². The Bertz CT molecular complexity index is 529. The van der Waals surface area contributed by atoms with Crippen molar-refractivity contribution in [2.75, 3.05) is 23.5 Å². The minimum atomic E-state index is -3.50. The molecule has 1 fully saturated rings. The lowest BCUT2D eigenvalue weighted by Crippen LogP contribution is -2.41. The van der Waals surface area contributed by atoms with Crippen LogP contribution in [0, 0.1) is 12.8 Å². The zero-order valence-corrected chi connectivity index (χ0v) is 12.2. The lowest BCUT2D eigenvalue weighted by molar-refractivity contribution is 0.289. The molecule has 1 aromatic rings. The number of nitrogens with two attached hydrogens (primary N) is 1. The number of piperidine rings is 1. The Kier molecular flexibility index (Phi) is 4.01. The second-order valence-electron chi connectivity index (χ2n) is 5.23. The predicted octanol–water partition coefficient (Wildman–Crippen LogP) is 1.97. The molecular weight excluding hydrogens is 262 g/mol. The Morgan fingerprint density at radius 3 is 2.53 bits per heavy atom. The Balaban J connectivity index is 2.17. The highest BCUT2D eigenvalue weighted by molar-refractivity contribution is 7.90. The second-order valence-corrected chi connectivity index (χ2v) is 6.90. The maximum absolute atomic E-state index is 12.3. The molecule has 6 heteroatoms. The number of nitrogens with zero attached hydrogens (tertiary/aromatic N) is 1. The number of aryl methyl sites for hydroxylation is 1. The minimum Gasteiger partial charge on any atom is -0.397 e. The van der Waals surface area contributed by atoms with E-state index in [1.165, 1.54) is 4.31 Å². The molecule has 0 atom stereocenters. The van der Waals surface area contributed by atoms with Crippen LogP contribution in [-0.4, -0.2) is 25.8 Å². The summed E-state index contributed by atoms with van der Waals surface area (Å²) in [7, 11) is -3.50. The van der Waals surface area contributed by atoms with Gasteiger partial charge >= 0.3 is 10.2 Å². The highest BCUT2D eigenvalue weighted by Gasteiger charge is 2.27. The van der Waals surface area contributed by atoms with Gasteiger partial charge in [0.1, 0.15) is 0 Å². The van der Waals surface area contributed by atoms with Gasteiger partial charge in [0.15, 0.2) is 0 Å². The van der Waals surface area contributed by atoms with E-state index in [-0.39, 0.29) is 0 Å². The first-order chi connectivity index (χ1) is 8.90. The largest absolute Gasteiger partial charge is 0.397 e. The average Bonchev–Trinajstić information content (AvgIpc) is 2.35. The predicted molar refractivity (Wildman–Crippen MR) is 78.1 cm³/mol. The van der Waals surface area contributed by atoms with E-state index in [0.29, 0.717) is 30.4 Å². The van der Waals surface area contributed by atoms with E-state index >= 15 is 0 Å². The van der Waals surface area contributed by atoms with Gasteiger partial charge in [-0.2, -0.15) is 12.7 Å². The third-order valence-corrected chi connectivity index (χ3v) is 5.13. The van der Waals surface area contributed by atoms with Gasteiger partial charge < -0.3 is 5.73 Å². The van der Waals surface area contributed by atoms with Gasteiger partial charge in [0, 0.05) is 13.1 Å². The Labute approximate surface area is 115 Å². The summed E-state index contributed by atoms with van der Waals surface area (Å²) in [5.74, 6) is 0.593. The fourth-order valence-corrected chi connectivity index (χ4v) is 3.61. The van der Waals surface area contributed by atoms with Gasteiger partial charge in [-0.3, -0.25) is 4.72 Å². The molecule has 0 amide bonds. The molecule has 0 saturated carbocycles. The van der Waals surface area contributed by atoms with Crippen LogP contribution in [0.2, 0.25) is 0 Å². The first kappa shape index (κ1) is 14.1. The smallest absolute Gasteiger partial charge is 0.301 e. The first-order valence-electron chi connectivity index (χ1n) is 6.53. The van der Waals surface area contributed by atoms with E-state index in [1.807, 2.05) is 19.1 Å². The standard InChI is InChI=1S/C13H21N3O2S/c1-10-6-8-16(9-7-10)19(17,18)15-13-11(2)4-3-5-12(13)14/h3-5,10,15H,6-9,14H2,1-2H3. The number of nitrogens with one attached hydrogen (secondary N) is 1. The maximum Gasteiger partial charge on any atom is 0.301 e. The molecule has 1 aliphatic heterocycles.